The van der Waals surface area contributed by atoms with Crippen molar-refractivity contribution in [2.75, 3.05) is 17.2 Å². The van der Waals surface area contributed by atoms with Gasteiger partial charge in [-0.15, -0.1) is 11.3 Å². The van der Waals surface area contributed by atoms with Crippen LogP contribution in [-0.2, 0) is 12.8 Å². The molecule has 0 radical (unpaired) electrons. The Morgan fingerprint density at radius 2 is 1.71 bits per heavy atom. The van der Waals surface area contributed by atoms with Crippen LogP contribution in [0.1, 0.15) is 65.3 Å². The van der Waals surface area contributed by atoms with Crippen LogP contribution in [0.2, 0.25) is 0 Å². The highest BCUT2D eigenvalue weighted by Crippen LogP contribution is 2.44. The van der Waals surface area contributed by atoms with Crippen LogP contribution in [0, 0.1) is 11.3 Å². The Bertz CT molecular complexity index is 1160. The van der Waals surface area contributed by atoms with Gasteiger partial charge in [0.1, 0.15) is 10.8 Å². The molecule has 4 rings (SSSR count). The van der Waals surface area contributed by atoms with Gasteiger partial charge >= 0.3 is 0 Å². The highest BCUT2D eigenvalue weighted by Gasteiger charge is 2.34. The van der Waals surface area contributed by atoms with Crippen molar-refractivity contribution in [2.45, 2.75) is 47.0 Å². The fourth-order valence-electron chi connectivity index (χ4n) is 4.41. The first kappa shape index (κ1) is 24.0. The molecule has 0 spiro atoms. The Hall–Kier alpha value is -3.12. The summed E-state index contributed by atoms with van der Waals surface area (Å²) < 4.78 is 5.50. The van der Waals surface area contributed by atoms with E-state index in [1.54, 1.807) is 12.1 Å². The average Bonchev–Trinajstić information content (AvgIpc) is 3.17. The van der Waals surface area contributed by atoms with Gasteiger partial charge in [-0.1, -0.05) is 39.0 Å². The number of anilines is 2. The second kappa shape index (κ2) is 10.0. The van der Waals surface area contributed by atoms with Crippen LogP contribution >= 0.6 is 11.3 Å². The molecule has 2 aromatic carbocycles. The summed E-state index contributed by atoms with van der Waals surface area (Å²) in [5, 5.41) is 6.67. The standard InChI is InChI=1S/C28H32N2O3S/c1-5-33-21-14-12-20(13-15-21)29-26(32)24-22-16-11-19(28(2,3)4)17-23(22)34-27(24)30-25(31)18-9-7-6-8-10-18/h6-10,12-15,19H,5,11,16-17H2,1-4H3,(H,29,32)(H,30,31). The number of fused-ring (bicyclic) bond motifs is 1. The minimum atomic E-state index is -0.207. The van der Waals surface area contributed by atoms with Gasteiger partial charge in [0.15, 0.2) is 0 Å². The molecule has 1 atom stereocenters. The number of hydrogen-bond donors (Lipinski definition) is 2. The molecule has 1 unspecified atom stereocenters. The highest BCUT2D eigenvalue weighted by molar-refractivity contribution is 7.17. The predicted molar refractivity (Wildman–Crippen MR) is 139 cm³/mol. The summed E-state index contributed by atoms with van der Waals surface area (Å²) in [6, 6.07) is 16.4. The minimum Gasteiger partial charge on any atom is -0.494 e. The summed E-state index contributed by atoms with van der Waals surface area (Å²) in [4.78, 5) is 27.6. The number of carbonyl (C=O) groups is 2. The largest absolute Gasteiger partial charge is 0.494 e. The van der Waals surface area contributed by atoms with E-state index in [1.807, 2.05) is 49.4 Å². The van der Waals surface area contributed by atoms with E-state index >= 15 is 0 Å². The Kier molecular flexibility index (Phi) is 7.08. The summed E-state index contributed by atoms with van der Waals surface area (Å²) in [6.07, 6.45) is 2.79. The SMILES string of the molecule is CCOc1ccc(NC(=O)c2c(NC(=O)c3ccccc3)sc3c2CCC(C(C)(C)C)C3)cc1. The first-order valence-corrected chi connectivity index (χ1v) is 12.6. The summed E-state index contributed by atoms with van der Waals surface area (Å²) in [6.45, 7) is 9.34. The normalized spacial score (nSPS) is 15.4. The van der Waals surface area contributed by atoms with E-state index in [0.29, 0.717) is 34.3 Å². The molecule has 2 N–H and O–H groups in total. The highest BCUT2D eigenvalue weighted by atomic mass is 32.1. The van der Waals surface area contributed by atoms with E-state index in [4.69, 9.17) is 4.74 Å². The number of benzene rings is 2. The van der Waals surface area contributed by atoms with Crippen LogP contribution in [-0.4, -0.2) is 18.4 Å². The number of carbonyl (C=O) groups excluding carboxylic acids is 2. The average molecular weight is 477 g/mol. The lowest BCUT2D eigenvalue weighted by Gasteiger charge is -2.33. The van der Waals surface area contributed by atoms with E-state index in [2.05, 4.69) is 31.4 Å². The van der Waals surface area contributed by atoms with Gasteiger partial charge in [0, 0.05) is 16.1 Å². The molecule has 1 heterocycles. The van der Waals surface area contributed by atoms with Gasteiger partial charge in [0.05, 0.1) is 12.2 Å². The van der Waals surface area contributed by atoms with Crippen LogP contribution in [0.4, 0.5) is 10.7 Å². The van der Waals surface area contributed by atoms with Crippen molar-refractivity contribution in [3.05, 3.63) is 76.2 Å². The summed E-state index contributed by atoms with van der Waals surface area (Å²) in [5.74, 6) is 0.900. The van der Waals surface area contributed by atoms with Crippen molar-refractivity contribution in [3.63, 3.8) is 0 Å². The Morgan fingerprint density at radius 3 is 2.35 bits per heavy atom. The quantitative estimate of drug-likeness (QED) is 0.411. The fraction of sp³-hybridized carbons (Fsp3) is 0.357. The number of hydrogen-bond acceptors (Lipinski definition) is 4. The smallest absolute Gasteiger partial charge is 0.258 e. The van der Waals surface area contributed by atoms with Crippen molar-refractivity contribution in [1.29, 1.82) is 0 Å². The second-order valence-electron chi connectivity index (χ2n) is 9.75. The van der Waals surface area contributed by atoms with E-state index in [-0.39, 0.29) is 17.2 Å². The number of thiophene rings is 1. The van der Waals surface area contributed by atoms with E-state index in [0.717, 1.165) is 30.6 Å². The van der Waals surface area contributed by atoms with Crippen molar-refractivity contribution < 1.29 is 14.3 Å². The van der Waals surface area contributed by atoms with E-state index in [9.17, 15) is 9.59 Å². The molecule has 178 valence electrons. The van der Waals surface area contributed by atoms with Crippen LogP contribution in [0.5, 0.6) is 5.75 Å². The van der Waals surface area contributed by atoms with Gasteiger partial charge in [-0.05, 0) is 79.5 Å². The van der Waals surface area contributed by atoms with Crippen LogP contribution in [0.25, 0.3) is 0 Å². The van der Waals surface area contributed by atoms with Crippen molar-refractivity contribution in [2.24, 2.45) is 11.3 Å². The zero-order valence-corrected chi connectivity index (χ0v) is 21.1. The molecule has 1 aliphatic carbocycles. The maximum absolute atomic E-state index is 13.5. The van der Waals surface area contributed by atoms with Crippen LogP contribution < -0.4 is 15.4 Å². The molecular weight excluding hydrogens is 444 g/mol. The van der Waals surface area contributed by atoms with Gasteiger partial charge in [-0.3, -0.25) is 9.59 Å². The number of amides is 2. The molecule has 0 bridgehead atoms. The molecule has 1 aliphatic rings. The number of rotatable bonds is 6. The first-order chi connectivity index (χ1) is 16.3. The van der Waals surface area contributed by atoms with Gasteiger partial charge < -0.3 is 15.4 Å². The molecule has 5 nitrogen and oxygen atoms in total. The molecular formula is C28H32N2O3S. The Labute approximate surface area is 205 Å². The Morgan fingerprint density at radius 1 is 1.00 bits per heavy atom. The monoisotopic (exact) mass is 476 g/mol. The van der Waals surface area contributed by atoms with Crippen LogP contribution in [0.3, 0.4) is 0 Å². The fourth-order valence-corrected chi connectivity index (χ4v) is 5.73. The van der Waals surface area contributed by atoms with Gasteiger partial charge in [-0.25, -0.2) is 0 Å². The number of ether oxygens (including phenoxy) is 1. The van der Waals surface area contributed by atoms with Gasteiger partial charge in [0.25, 0.3) is 11.8 Å². The maximum Gasteiger partial charge on any atom is 0.258 e. The summed E-state index contributed by atoms with van der Waals surface area (Å²) in [7, 11) is 0. The molecule has 6 heteroatoms. The first-order valence-electron chi connectivity index (χ1n) is 11.8. The molecule has 0 aliphatic heterocycles. The van der Waals surface area contributed by atoms with Crippen molar-refractivity contribution >= 4 is 33.8 Å². The van der Waals surface area contributed by atoms with Crippen molar-refractivity contribution in [3.8, 4) is 5.75 Å². The lowest BCUT2D eigenvalue weighted by atomic mass is 9.72. The van der Waals surface area contributed by atoms with Crippen LogP contribution in [0.15, 0.2) is 54.6 Å². The van der Waals surface area contributed by atoms with E-state index < -0.39 is 0 Å². The maximum atomic E-state index is 13.5. The van der Waals surface area contributed by atoms with Crippen molar-refractivity contribution in [1.82, 2.24) is 0 Å². The molecule has 1 aromatic heterocycles. The summed E-state index contributed by atoms with van der Waals surface area (Å²) in [5.41, 5.74) is 3.11. The lowest BCUT2D eigenvalue weighted by Crippen LogP contribution is -2.27. The second-order valence-corrected chi connectivity index (χ2v) is 10.9. The van der Waals surface area contributed by atoms with Gasteiger partial charge in [0.2, 0.25) is 0 Å². The lowest BCUT2D eigenvalue weighted by molar-refractivity contribution is 0.102. The topological polar surface area (TPSA) is 67.4 Å². The molecule has 34 heavy (non-hydrogen) atoms. The summed E-state index contributed by atoms with van der Waals surface area (Å²) >= 11 is 1.54. The third-order valence-electron chi connectivity index (χ3n) is 6.40. The number of nitrogens with one attached hydrogen (secondary N) is 2. The molecule has 3 aromatic rings. The third kappa shape index (κ3) is 5.33. The minimum absolute atomic E-state index is 0.194. The molecule has 0 fully saturated rings. The van der Waals surface area contributed by atoms with E-state index in [1.165, 1.54) is 16.2 Å². The third-order valence-corrected chi connectivity index (χ3v) is 7.57. The molecule has 2 amide bonds. The molecule has 0 saturated heterocycles. The predicted octanol–water partition coefficient (Wildman–Crippen LogP) is 6.80. The molecule has 0 saturated carbocycles. The zero-order chi connectivity index (χ0) is 24.3. The zero-order valence-electron chi connectivity index (χ0n) is 20.2. The van der Waals surface area contributed by atoms with Gasteiger partial charge in [-0.2, -0.15) is 0 Å². The Balaban J connectivity index is 1.64.